The number of benzene rings is 2. The highest BCUT2D eigenvalue weighted by molar-refractivity contribution is 6.08. The summed E-state index contributed by atoms with van der Waals surface area (Å²) in [5.41, 5.74) is 1.55. The van der Waals surface area contributed by atoms with E-state index in [0.717, 1.165) is 4.90 Å². The highest BCUT2D eigenvalue weighted by atomic mass is 19.3. The fraction of sp³-hybridized carbons (Fsp3) is 0.269. The third kappa shape index (κ3) is 5.30. The van der Waals surface area contributed by atoms with Crippen molar-refractivity contribution in [1.82, 2.24) is 20.5 Å². The zero-order valence-electron chi connectivity index (χ0n) is 20.1. The third-order valence-corrected chi connectivity index (χ3v) is 6.25. The van der Waals surface area contributed by atoms with Crippen LogP contribution >= 0.6 is 0 Å². The van der Waals surface area contributed by atoms with E-state index >= 15 is 0 Å². The van der Waals surface area contributed by atoms with Crippen LogP contribution < -0.4 is 10.6 Å². The molecule has 11 heteroatoms. The van der Waals surface area contributed by atoms with Crippen molar-refractivity contribution >= 4 is 34.3 Å². The van der Waals surface area contributed by atoms with Crippen molar-refractivity contribution in [2.75, 3.05) is 20.1 Å². The minimum absolute atomic E-state index is 0.0516. The van der Waals surface area contributed by atoms with E-state index in [2.05, 4.69) is 15.6 Å². The predicted molar refractivity (Wildman–Crippen MR) is 131 cm³/mol. The number of hydrogen-bond acceptors (Lipinski definition) is 5. The molecule has 3 aromatic rings. The van der Waals surface area contributed by atoms with Crippen LogP contribution in [0.3, 0.4) is 0 Å². The maximum atomic E-state index is 14.5. The molecule has 3 N–H and O–H groups in total. The summed E-state index contributed by atoms with van der Waals surface area (Å²) in [7, 11) is 1.40. The standard InChI is InChI=1S/C26H24F3N5O3/c1-14(30)22-11-26(28,29)13-34(22)23(35)12-33-25(37)17-7-8-32-21-6-4-15(9-19(17)21)16-3-5-18(20(27)10-16)24(36)31-2/h3-10,22,30H,11-13H2,1-2H3,(H,31,36)(H,33,37)/t22-/m0/s1. The SMILES string of the molecule is CNC(=O)c1ccc(-c2ccc3nccc(C(=O)NCC(=O)N4CC(F)(F)C[C@H]4C(C)=N)c3c2)cc1F. The Kier molecular flexibility index (Phi) is 6.97. The molecule has 1 aromatic heterocycles. The second-order valence-electron chi connectivity index (χ2n) is 8.83. The Bertz CT molecular complexity index is 1430. The lowest BCUT2D eigenvalue weighted by Crippen LogP contribution is -2.45. The van der Waals surface area contributed by atoms with Crippen molar-refractivity contribution in [3.05, 3.63) is 65.6 Å². The van der Waals surface area contributed by atoms with E-state index in [9.17, 15) is 27.6 Å². The van der Waals surface area contributed by atoms with Gasteiger partial charge in [-0.15, -0.1) is 0 Å². The van der Waals surface area contributed by atoms with Gasteiger partial charge in [-0.3, -0.25) is 19.4 Å². The van der Waals surface area contributed by atoms with Gasteiger partial charge in [-0.05, 0) is 48.4 Å². The molecule has 0 bridgehead atoms. The van der Waals surface area contributed by atoms with E-state index < -0.39 is 55.0 Å². The maximum absolute atomic E-state index is 14.5. The molecule has 1 atom stereocenters. The van der Waals surface area contributed by atoms with Crippen LogP contribution in [0.2, 0.25) is 0 Å². The first-order chi connectivity index (χ1) is 17.5. The summed E-state index contributed by atoms with van der Waals surface area (Å²) in [6, 6.07) is 9.59. The van der Waals surface area contributed by atoms with Crippen LogP contribution in [0, 0.1) is 11.2 Å². The van der Waals surface area contributed by atoms with Crippen molar-refractivity contribution < 1.29 is 27.6 Å². The van der Waals surface area contributed by atoms with Crippen LogP contribution in [0.15, 0.2) is 48.7 Å². The van der Waals surface area contributed by atoms with Crippen LogP contribution in [-0.2, 0) is 4.79 Å². The monoisotopic (exact) mass is 511 g/mol. The van der Waals surface area contributed by atoms with Gasteiger partial charge in [0.05, 0.1) is 35.8 Å². The Morgan fingerprint density at radius 3 is 2.46 bits per heavy atom. The smallest absolute Gasteiger partial charge is 0.267 e. The molecule has 2 aromatic carbocycles. The summed E-state index contributed by atoms with van der Waals surface area (Å²) < 4.78 is 42.2. The number of carbonyl (C=O) groups excluding carboxylic acids is 3. The molecule has 4 rings (SSSR count). The van der Waals surface area contributed by atoms with Crippen LogP contribution in [0.4, 0.5) is 13.2 Å². The molecule has 0 aliphatic carbocycles. The number of halogens is 3. The van der Waals surface area contributed by atoms with Gasteiger partial charge < -0.3 is 20.9 Å². The summed E-state index contributed by atoms with van der Waals surface area (Å²) >= 11 is 0. The molecule has 1 saturated heterocycles. The van der Waals surface area contributed by atoms with Crippen LogP contribution in [-0.4, -0.2) is 65.4 Å². The Labute approximate surface area is 210 Å². The minimum Gasteiger partial charge on any atom is -0.355 e. The molecule has 1 fully saturated rings. The van der Waals surface area contributed by atoms with Crippen molar-refractivity contribution in [3.8, 4) is 11.1 Å². The Balaban J connectivity index is 1.56. The molecule has 37 heavy (non-hydrogen) atoms. The highest BCUT2D eigenvalue weighted by Crippen LogP contribution is 2.32. The van der Waals surface area contributed by atoms with Crippen LogP contribution in [0.25, 0.3) is 22.0 Å². The predicted octanol–water partition coefficient (Wildman–Crippen LogP) is 3.41. The number of fused-ring (bicyclic) bond motifs is 1. The molecular weight excluding hydrogens is 487 g/mol. The molecule has 1 aliphatic heterocycles. The topological polar surface area (TPSA) is 115 Å². The molecule has 0 unspecified atom stereocenters. The number of likely N-dealkylation sites (tertiary alicyclic amines) is 1. The maximum Gasteiger partial charge on any atom is 0.267 e. The number of amides is 3. The van der Waals surface area contributed by atoms with Crippen LogP contribution in [0.5, 0.6) is 0 Å². The molecular formula is C26H24F3N5O3. The van der Waals surface area contributed by atoms with E-state index in [0.29, 0.717) is 22.0 Å². The first-order valence-corrected chi connectivity index (χ1v) is 11.4. The van der Waals surface area contributed by atoms with Gasteiger partial charge in [-0.25, -0.2) is 13.2 Å². The Morgan fingerprint density at radius 1 is 1.08 bits per heavy atom. The van der Waals surface area contributed by atoms with Crippen molar-refractivity contribution in [1.29, 1.82) is 5.41 Å². The van der Waals surface area contributed by atoms with Gasteiger partial charge in [0, 0.05) is 30.8 Å². The fourth-order valence-corrected chi connectivity index (χ4v) is 4.36. The molecule has 0 spiro atoms. The molecule has 2 heterocycles. The first-order valence-electron chi connectivity index (χ1n) is 11.4. The molecule has 3 amide bonds. The van der Waals surface area contributed by atoms with Gasteiger partial charge in [0.15, 0.2) is 0 Å². The van der Waals surface area contributed by atoms with E-state index in [-0.39, 0.29) is 16.8 Å². The van der Waals surface area contributed by atoms with Gasteiger partial charge in [0.2, 0.25) is 5.91 Å². The molecule has 192 valence electrons. The second-order valence-corrected chi connectivity index (χ2v) is 8.83. The molecule has 8 nitrogen and oxygen atoms in total. The van der Waals surface area contributed by atoms with Crippen LogP contribution in [0.1, 0.15) is 34.1 Å². The summed E-state index contributed by atoms with van der Waals surface area (Å²) in [6.07, 6.45) is 0.802. The summed E-state index contributed by atoms with van der Waals surface area (Å²) in [6.45, 7) is 0.0390. The number of pyridine rings is 1. The van der Waals surface area contributed by atoms with Gasteiger partial charge in [-0.2, -0.15) is 0 Å². The number of hydrogen-bond donors (Lipinski definition) is 3. The van der Waals surface area contributed by atoms with Crippen molar-refractivity contribution in [2.45, 2.75) is 25.3 Å². The second kappa shape index (κ2) is 10.00. The Morgan fingerprint density at radius 2 is 1.78 bits per heavy atom. The number of aromatic nitrogens is 1. The lowest BCUT2D eigenvalue weighted by atomic mass is 9.99. The van der Waals surface area contributed by atoms with E-state index in [1.165, 1.54) is 38.4 Å². The number of nitrogens with zero attached hydrogens (tertiary/aromatic N) is 2. The number of nitrogens with one attached hydrogen (secondary N) is 3. The fourth-order valence-electron chi connectivity index (χ4n) is 4.36. The molecule has 0 radical (unpaired) electrons. The van der Waals surface area contributed by atoms with Crippen molar-refractivity contribution in [2.24, 2.45) is 0 Å². The largest absolute Gasteiger partial charge is 0.355 e. The lowest BCUT2D eigenvalue weighted by molar-refractivity contribution is -0.131. The van der Waals surface area contributed by atoms with Gasteiger partial charge in [0.25, 0.3) is 17.7 Å². The number of rotatable bonds is 6. The molecule has 1 aliphatic rings. The van der Waals surface area contributed by atoms with Gasteiger partial charge >= 0.3 is 0 Å². The average molecular weight is 512 g/mol. The zero-order valence-corrected chi connectivity index (χ0v) is 20.1. The van der Waals surface area contributed by atoms with E-state index in [1.807, 2.05) is 0 Å². The average Bonchev–Trinajstić information content (AvgIpc) is 3.21. The normalized spacial score (nSPS) is 16.5. The summed E-state index contributed by atoms with van der Waals surface area (Å²) in [4.78, 5) is 42.5. The van der Waals surface area contributed by atoms with E-state index in [4.69, 9.17) is 5.41 Å². The summed E-state index contributed by atoms with van der Waals surface area (Å²) in [5.74, 6) is -5.69. The first kappa shape index (κ1) is 25.8. The lowest BCUT2D eigenvalue weighted by Gasteiger charge is -2.23. The quantitative estimate of drug-likeness (QED) is 0.440. The highest BCUT2D eigenvalue weighted by Gasteiger charge is 2.47. The number of alkyl halides is 2. The Hall–Kier alpha value is -4.28. The van der Waals surface area contributed by atoms with Gasteiger partial charge in [0.1, 0.15) is 5.82 Å². The zero-order chi connectivity index (χ0) is 26.9. The van der Waals surface area contributed by atoms with E-state index in [1.54, 1.807) is 24.3 Å². The third-order valence-electron chi connectivity index (χ3n) is 6.25. The minimum atomic E-state index is -3.09. The molecule has 0 saturated carbocycles. The summed E-state index contributed by atoms with van der Waals surface area (Å²) in [5, 5.41) is 13.0. The number of carbonyl (C=O) groups is 3. The van der Waals surface area contributed by atoms with Gasteiger partial charge in [-0.1, -0.05) is 12.1 Å². The van der Waals surface area contributed by atoms with Crippen molar-refractivity contribution in [3.63, 3.8) is 0 Å².